The minimum atomic E-state index is 0.202. The number of benzene rings is 3. The molecule has 1 aliphatic rings. The van der Waals surface area contributed by atoms with Gasteiger partial charge in [0, 0.05) is 38.1 Å². The molecule has 2 heterocycles. The molecular formula is C29H34N4O. The summed E-state index contributed by atoms with van der Waals surface area (Å²) in [5.41, 5.74) is 4.08. The third-order valence-corrected chi connectivity index (χ3v) is 5.90. The van der Waals surface area contributed by atoms with Crippen molar-refractivity contribution in [3.8, 4) is 17.1 Å². The number of aryl methyl sites for hydroxylation is 1. The zero-order chi connectivity index (χ0) is 23.9. The first kappa shape index (κ1) is 23.7. The van der Waals surface area contributed by atoms with Gasteiger partial charge in [0.25, 0.3) is 0 Å². The normalized spacial score (nSPS) is 14.0. The molecule has 1 aromatic heterocycles. The molecule has 0 radical (unpaired) electrons. The Kier molecular flexibility index (Phi) is 7.76. The Labute approximate surface area is 202 Å². The van der Waals surface area contributed by atoms with E-state index < -0.39 is 0 Å². The van der Waals surface area contributed by atoms with Gasteiger partial charge in [-0.25, -0.2) is 9.97 Å². The molecule has 0 spiro atoms. The lowest BCUT2D eigenvalue weighted by Crippen LogP contribution is -2.46. The van der Waals surface area contributed by atoms with Gasteiger partial charge in [0.2, 0.25) is 0 Å². The molecule has 5 rings (SSSR count). The highest BCUT2D eigenvalue weighted by Gasteiger charge is 2.22. The van der Waals surface area contributed by atoms with Gasteiger partial charge in [0.15, 0.2) is 5.82 Å². The average molecular weight is 455 g/mol. The van der Waals surface area contributed by atoms with Crippen LogP contribution in [-0.4, -0.2) is 46.2 Å². The average Bonchev–Trinajstić information content (AvgIpc) is 2.85. The highest BCUT2D eigenvalue weighted by Crippen LogP contribution is 2.32. The number of phenols is 1. The second kappa shape index (κ2) is 11.1. The smallest absolute Gasteiger partial charge is 0.165 e. The van der Waals surface area contributed by atoms with Crippen LogP contribution >= 0.6 is 0 Å². The molecule has 0 saturated carbocycles. The predicted molar refractivity (Wildman–Crippen MR) is 141 cm³/mol. The van der Waals surface area contributed by atoms with E-state index in [-0.39, 0.29) is 5.75 Å². The van der Waals surface area contributed by atoms with Crippen LogP contribution in [0.15, 0.2) is 72.8 Å². The monoisotopic (exact) mass is 454 g/mol. The van der Waals surface area contributed by atoms with Crippen LogP contribution in [0.1, 0.15) is 31.4 Å². The fourth-order valence-electron chi connectivity index (χ4n) is 4.21. The Hall–Kier alpha value is -3.44. The van der Waals surface area contributed by atoms with Crippen LogP contribution in [0, 0.1) is 6.92 Å². The lowest BCUT2D eigenvalue weighted by Gasteiger charge is -2.36. The van der Waals surface area contributed by atoms with E-state index in [0.29, 0.717) is 11.4 Å². The van der Waals surface area contributed by atoms with Gasteiger partial charge in [-0.3, -0.25) is 4.90 Å². The summed E-state index contributed by atoms with van der Waals surface area (Å²) in [5.74, 6) is 1.72. The molecule has 4 aromatic rings. The molecule has 1 fully saturated rings. The number of rotatable bonds is 4. The largest absolute Gasteiger partial charge is 0.507 e. The number of fused-ring (bicyclic) bond motifs is 1. The Balaban J connectivity index is 0.000000868. The van der Waals surface area contributed by atoms with E-state index >= 15 is 0 Å². The minimum Gasteiger partial charge on any atom is -0.507 e. The van der Waals surface area contributed by atoms with E-state index in [2.05, 4.69) is 79.1 Å². The van der Waals surface area contributed by atoms with Gasteiger partial charge in [0.1, 0.15) is 11.6 Å². The minimum absolute atomic E-state index is 0.202. The summed E-state index contributed by atoms with van der Waals surface area (Å²) in [7, 11) is 0. The lowest BCUT2D eigenvalue weighted by atomic mass is 10.1. The number of anilines is 1. The van der Waals surface area contributed by atoms with Crippen LogP contribution in [0.2, 0.25) is 0 Å². The van der Waals surface area contributed by atoms with E-state index in [1.807, 2.05) is 18.2 Å². The number of aromatic hydroxyl groups is 1. The topological polar surface area (TPSA) is 52.5 Å². The molecule has 0 bridgehead atoms. The van der Waals surface area contributed by atoms with Crippen molar-refractivity contribution >= 4 is 16.7 Å². The van der Waals surface area contributed by atoms with Gasteiger partial charge in [-0.1, -0.05) is 68.8 Å². The Morgan fingerprint density at radius 1 is 0.824 bits per heavy atom. The molecule has 0 atom stereocenters. The van der Waals surface area contributed by atoms with Crippen molar-refractivity contribution in [3.05, 3.63) is 83.9 Å². The van der Waals surface area contributed by atoms with E-state index in [4.69, 9.17) is 9.97 Å². The van der Waals surface area contributed by atoms with Crippen molar-refractivity contribution in [2.75, 3.05) is 31.1 Å². The fraction of sp³-hybridized carbons (Fsp3) is 0.310. The van der Waals surface area contributed by atoms with Crippen molar-refractivity contribution in [1.29, 1.82) is 0 Å². The van der Waals surface area contributed by atoms with E-state index in [0.717, 1.165) is 55.0 Å². The molecule has 1 saturated heterocycles. The molecule has 5 heteroatoms. The Bertz CT molecular complexity index is 1220. The SMILES string of the molecule is CCC.Cc1ccc2c(N3CCN(Cc4ccccc4)CC3)nc(-c3ccccc3O)nc2c1. The maximum atomic E-state index is 10.4. The lowest BCUT2D eigenvalue weighted by molar-refractivity contribution is 0.249. The van der Waals surface area contributed by atoms with Crippen molar-refractivity contribution in [1.82, 2.24) is 14.9 Å². The Morgan fingerprint density at radius 3 is 2.21 bits per heavy atom. The van der Waals surface area contributed by atoms with E-state index in [1.165, 1.54) is 12.0 Å². The van der Waals surface area contributed by atoms with E-state index in [1.54, 1.807) is 6.07 Å². The summed E-state index contributed by atoms with van der Waals surface area (Å²) in [6.45, 7) is 11.1. The third-order valence-electron chi connectivity index (χ3n) is 5.90. The highest BCUT2D eigenvalue weighted by molar-refractivity contribution is 5.92. The molecule has 1 aliphatic heterocycles. The van der Waals surface area contributed by atoms with Gasteiger partial charge in [-0.05, 0) is 42.3 Å². The van der Waals surface area contributed by atoms with Crippen LogP contribution in [0.25, 0.3) is 22.3 Å². The number of aromatic nitrogens is 2. The number of hydrogen-bond donors (Lipinski definition) is 1. The number of phenolic OH excluding ortho intramolecular Hbond substituents is 1. The van der Waals surface area contributed by atoms with Crippen LogP contribution in [0.5, 0.6) is 5.75 Å². The van der Waals surface area contributed by atoms with Crippen molar-refractivity contribution in [3.63, 3.8) is 0 Å². The second-order valence-electron chi connectivity index (χ2n) is 8.86. The molecular weight excluding hydrogens is 420 g/mol. The van der Waals surface area contributed by atoms with Crippen LogP contribution in [0.4, 0.5) is 5.82 Å². The van der Waals surface area contributed by atoms with Gasteiger partial charge in [-0.2, -0.15) is 0 Å². The maximum Gasteiger partial charge on any atom is 0.165 e. The molecule has 1 N–H and O–H groups in total. The molecule has 176 valence electrons. The van der Waals surface area contributed by atoms with E-state index in [9.17, 15) is 5.11 Å². The number of para-hydroxylation sites is 1. The van der Waals surface area contributed by atoms with Crippen LogP contribution in [-0.2, 0) is 6.54 Å². The summed E-state index contributed by atoms with van der Waals surface area (Å²) in [5, 5.41) is 11.4. The first-order valence-corrected chi connectivity index (χ1v) is 12.2. The first-order chi connectivity index (χ1) is 16.6. The fourth-order valence-corrected chi connectivity index (χ4v) is 4.21. The van der Waals surface area contributed by atoms with Crippen molar-refractivity contribution in [2.45, 2.75) is 33.7 Å². The quantitative estimate of drug-likeness (QED) is 0.407. The summed E-state index contributed by atoms with van der Waals surface area (Å²) in [6, 6.07) is 24.2. The molecule has 3 aromatic carbocycles. The van der Waals surface area contributed by atoms with Crippen molar-refractivity contribution in [2.24, 2.45) is 0 Å². The summed E-state index contributed by atoms with van der Waals surface area (Å²) >= 11 is 0. The van der Waals surface area contributed by atoms with Crippen LogP contribution in [0.3, 0.4) is 0 Å². The molecule has 0 amide bonds. The second-order valence-corrected chi connectivity index (χ2v) is 8.86. The summed E-state index contributed by atoms with van der Waals surface area (Å²) in [4.78, 5) is 14.6. The molecule has 34 heavy (non-hydrogen) atoms. The molecule has 5 nitrogen and oxygen atoms in total. The number of piperazine rings is 1. The van der Waals surface area contributed by atoms with Gasteiger partial charge in [-0.15, -0.1) is 0 Å². The standard InChI is InChI=1S/C26H26N4O.C3H8/c1-19-11-12-21-23(17-19)27-25(22-9-5-6-10-24(22)31)28-26(21)30-15-13-29(14-16-30)18-20-7-3-2-4-8-20;1-3-2/h2-12,17,31H,13-16,18H2,1H3;3H2,1-2H3. The zero-order valence-electron chi connectivity index (χ0n) is 20.4. The first-order valence-electron chi connectivity index (χ1n) is 12.2. The van der Waals surface area contributed by atoms with Crippen molar-refractivity contribution < 1.29 is 5.11 Å². The number of hydrogen-bond acceptors (Lipinski definition) is 5. The Morgan fingerprint density at radius 2 is 1.50 bits per heavy atom. The van der Waals surface area contributed by atoms with Gasteiger partial charge in [0.05, 0.1) is 11.1 Å². The molecule has 0 aliphatic carbocycles. The van der Waals surface area contributed by atoms with Crippen LogP contribution < -0.4 is 4.90 Å². The zero-order valence-corrected chi connectivity index (χ0v) is 20.4. The predicted octanol–water partition coefficient (Wildman–Crippen LogP) is 6.05. The highest BCUT2D eigenvalue weighted by atomic mass is 16.3. The maximum absolute atomic E-state index is 10.4. The van der Waals surface area contributed by atoms with Gasteiger partial charge >= 0.3 is 0 Å². The third kappa shape index (κ3) is 5.54. The molecule has 0 unspecified atom stereocenters. The summed E-state index contributed by atoms with van der Waals surface area (Å²) < 4.78 is 0. The number of nitrogens with zero attached hydrogens (tertiary/aromatic N) is 4. The van der Waals surface area contributed by atoms with Gasteiger partial charge < -0.3 is 10.0 Å². The summed E-state index contributed by atoms with van der Waals surface area (Å²) in [6.07, 6.45) is 1.25.